The van der Waals surface area contributed by atoms with Crippen LogP contribution in [0.4, 0.5) is 0 Å². The monoisotopic (exact) mass is 418 g/mol. The molecule has 2 atom stereocenters. The van der Waals surface area contributed by atoms with Gasteiger partial charge in [-0.25, -0.2) is 8.42 Å². The van der Waals surface area contributed by atoms with Gasteiger partial charge in [-0.15, -0.1) is 0 Å². The number of rotatable bonds is 8. The van der Waals surface area contributed by atoms with E-state index in [-0.39, 0.29) is 23.9 Å². The minimum absolute atomic E-state index is 0.110. The van der Waals surface area contributed by atoms with Crippen molar-refractivity contribution < 1.29 is 23.2 Å². The van der Waals surface area contributed by atoms with Crippen LogP contribution < -0.4 is 0 Å². The summed E-state index contributed by atoms with van der Waals surface area (Å²) < 4.78 is 31.1. The zero-order valence-corrected chi connectivity index (χ0v) is 18.1. The highest BCUT2D eigenvalue weighted by Gasteiger charge is 2.48. The van der Waals surface area contributed by atoms with Gasteiger partial charge in [0.1, 0.15) is 5.75 Å². The van der Waals surface area contributed by atoms with Gasteiger partial charge in [-0.1, -0.05) is 56.0 Å². The van der Waals surface area contributed by atoms with Crippen LogP contribution in [-0.4, -0.2) is 42.8 Å². The Balaban J connectivity index is 1.80. The van der Waals surface area contributed by atoms with Crippen molar-refractivity contribution in [3.63, 3.8) is 0 Å². The number of aromatic hydroxyl groups is 1. The summed E-state index contributed by atoms with van der Waals surface area (Å²) >= 11 is 0. The number of fused-ring (bicyclic) bond motifs is 1. The Morgan fingerprint density at radius 2 is 1.93 bits per heavy atom. The maximum atomic E-state index is 12.6. The van der Waals surface area contributed by atoms with Crippen LogP contribution in [0.3, 0.4) is 0 Å². The SMILES string of the molecule is CCCC1=C2[C@@H](CC/C(=C/c3ccc(O)cc3)CCC)OB(O)C[C@@H]2S(=O)(=O)C1. The van der Waals surface area contributed by atoms with E-state index in [9.17, 15) is 18.5 Å². The number of phenols is 1. The number of benzene rings is 1. The number of sulfone groups is 1. The molecule has 0 aliphatic carbocycles. The predicted octanol–water partition coefficient (Wildman–Crippen LogP) is 4.13. The Morgan fingerprint density at radius 1 is 1.21 bits per heavy atom. The molecule has 2 N–H and O–H groups in total. The molecule has 7 heteroatoms. The highest BCUT2D eigenvalue weighted by atomic mass is 32.2. The second-order valence-electron chi connectivity index (χ2n) is 8.10. The van der Waals surface area contributed by atoms with E-state index >= 15 is 0 Å². The maximum absolute atomic E-state index is 12.6. The fourth-order valence-electron chi connectivity index (χ4n) is 4.51. The fraction of sp³-hybridized carbons (Fsp3) is 0.545. The van der Waals surface area contributed by atoms with E-state index in [4.69, 9.17) is 4.65 Å². The van der Waals surface area contributed by atoms with Crippen molar-refractivity contribution in [2.45, 2.75) is 70.0 Å². The lowest BCUT2D eigenvalue weighted by Crippen LogP contribution is -2.41. The van der Waals surface area contributed by atoms with E-state index in [1.54, 1.807) is 12.1 Å². The van der Waals surface area contributed by atoms with Crippen LogP contribution >= 0.6 is 0 Å². The van der Waals surface area contributed by atoms with Crippen molar-refractivity contribution in [3.8, 4) is 5.75 Å². The molecule has 0 unspecified atom stereocenters. The van der Waals surface area contributed by atoms with Crippen LogP contribution in [0.1, 0.15) is 57.9 Å². The number of phenolic OH excluding ortho intramolecular Hbond substituents is 1. The summed E-state index contributed by atoms with van der Waals surface area (Å²) in [6.45, 7) is 4.19. The fourth-order valence-corrected chi connectivity index (χ4v) is 6.67. The number of allylic oxidation sites excluding steroid dienone is 1. The van der Waals surface area contributed by atoms with Crippen molar-refractivity contribution in [2.75, 3.05) is 5.75 Å². The van der Waals surface area contributed by atoms with Crippen LogP contribution in [0, 0.1) is 0 Å². The predicted molar refractivity (Wildman–Crippen MR) is 117 cm³/mol. The van der Waals surface area contributed by atoms with E-state index in [1.807, 2.05) is 12.1 Å². The Bertz CT molecular complexity index is 873. The zero-order chi connectivity index (χ0) is 21.0. The Hall–Kier alpha value is -1.57. The Labute approximate surface area is 174 Å². The van der Waals surface area contributed by atoms with Crippen LogP contribution in [0.25, 0.3) is 6.08 Å². The molecule has 0 spiro atoms. The van der Waals surface area contributed by atoms with E-state index in [0.717, 1.165) is 48.8 Å². The Morgan fingerprint density at radius 3 is 2.59 bits per heavy atom. The van der Waals surface area contributed by atoms with Gasteiger partial charge in [-0.2, -0.15) is 0 Å². The van der Waals surface area contributed by atoms with E-state index in [1.165, 1.54) is 5.57 Å². The molecule has 1 fully saturated rings. The molecule has 158 valence electrons. The lowest BCUT2D eigenvalue weighted by Gasteiger charge is -2.32. The molecule has 29 heavy (non-hydrogen) atoms. The quantitative estimate of drug-likeness (QED) is 0.490. The van der Waals surface area contributed by atoms with Crippen LogP contribution in [0.15, 0.2) is 41.0 Å². The van der Waals surface area contributed by atoms with Crippen molar-refractivity contribution >= 4 is 23.0 Å². The average Bonchev–Trinajstić information content (AvgIpc) is 2.92. The highest BCUT2D eigenvalue weighted by Crippen LogP contribution is 2.41. The summed E-state index contributed by atoms with van der Waals surface area (Å²) in [5.41, 5.74) is 4.20. The maximum Gasteiger partial charge on any atom is 0.456 e. The van der Waals surface area contributed by atoms with Gasteiger partial charge in [0.15, 0.2) is 9.84 Å². The minimum Gasteiger partial charge on any atom is -0.508 e. The van der Waals surface area contributed by atoms with Gasteiger partial charge in [0.2, 0.25) is 0 Å². The van der Waals surface area contributed by atoms with Crippen LogP contribution in [0.5, 0.6) is 5.75 Å². The molecule has 1 saturated heterocycles. The molecule has 0 radical (unpaired) electrons. The molecule has 2 heterocycles. The van der Waals surface area contributed by atoms with Crippen LogP contribution in [-0.2, 0) is 14.5 Å². The van der Waals surface area contributed by atoms with Gasteiger partial charge in [-0.3, -0.25) is 0 Å². The minimum atomic E-state index is -3.24. The summed E-state index contributed by atoms with van der Waals surface area (Å²) in [4.78, 5) is 0. The van der Waals surface area contributed by atoms with Gasteiger partial charge >= 0.3 is 7.12 Å². The lowest BCUT2D eigenvalue weighted by molar-refractivity contribution is 0.169. The largest absolute Gasteiger partial charge is 0.508 e. The van der Waals surface area contributed by atoms with Gasteiger partial charge in [0.25, 0.3) is 0 Å². The summed E-state index contributed by atoms with van der Waals surface area (Å²) in [7, 11) is -4.27. The average molecular weight is 418 g/mol. The summed E-state index contributed by atoms with van der Waals surface area (Å²) in [6.07, 6.45) is 7.00. The van der Waals surface area contributed by atoms with Crippen molar-refractivity contribution in [3.05, 3.63) is 46.5 Å². The summed E-state index contributed by atoms with van der Waals surface area (Å²) in [6, 6.07) is 7.11. The summed E-state index contributed by atoms with van der Waals surface area (Å²) in [5, 5.41) is 19.0. The van der Waals surface area contributed by atoms with Gasteiger partial charge in [-0.05, 0) is 49.0 Å². The van der Waals surface area contributed by atoms with Gasteiger partial charge in [0.05, 0.1) is 17.1 Å². The first-order chi connectivity index (χ1) is 13.8. The molecule has 0 bridgehead atoms. The number of hydrogen-bond acceptors (Lipinski definition) is 5. The van der Waals surface area contributed by atoms with E-state index in [0.29, 0.717) is 6.42 Å². The Kier molecular flexibility index (Phi) is 7.25. The molecule has 5 nitrogen and oxygen atoms in total. The van der Waals surface area contributed by atoms with Crippen molar-refractivity contribution in [1.29, 1.82) is 0 Å². The van der Waals surface area contributed by atoms with E-state index in [2.05, 4.69) is 19.9 Å². The molecule has 1 aromatic carbocycles. The van der Waals surface area contributed by atoms with Crippen molar-refractivity contribution in [2.24, 2.45) is 0 Å². The zero-order valence-electron chi connectivity index (χ0n) is 17.3. The number of hydrogen-bond donors (Lipinski definition) is 2. The van der Waals surface area contributed by atoms with Crippen LogP contribution in [0.2, 0.25) is 6.32 Å². The first kappa shape index (κ1) is 22.1. The highest BCUT2D eigenvalue weighted by molar-refractivity contribution is 7.92. The lowest BCUT2D eigenvalue weighted by atomic mass is 9.74. The molecule has 1 aromatic rings. The second kappa shape index (κ2) is 9.50. The third kappa shape index (κ3) is 5.33. The summed E-state index contributed by atoms with van der Waals surface area (Å²) in [5.74, 6) is 0.353. The standard InChI is InChI=1S/C22H31BO5S/c1-3-5-16(13-17-7-10-19(24)11-8-17)9-12-20-22-18(6-4-2)15-29(26,27)21(22)14-23(25)28-20/h7-8,10-11,13,20-21,24-25H,3-6,9,12,14-15H2,1-2H3/b16-13+/t20-,21+/m1/s1. The smallest absolute Gasteiger partial charge is 0.456 e. The molecule has 0 saturated carbocycles. The third-order valence-corrected chi connectivity index (χ3v) is 7.83. The normalized spacial score (nSPS) is 24.1. The molecular formula is C22H31BO5S. The third-order valence-electron chi connectivity index (χ3n) is 5.76. The van der Waals surface area contributed by atoms with E-state index < -0.39 is 22.2 Å². The second-order valence-corrected chi connectivity index (χ2v) is 10.3. The molecule has 3 rings (SSSR count). The molecule has 0 aromatic heterocycles. The molecule has 2 aliphatic heterocycles. The first-order valence-corrected chi connectivity index (χ1v) is 12.3. The van der Waals surface area contributed by atoms with Gasteiger partial charge in [0, 0.05) is 6.32 Å². The topological polar surface area (TPSA) is 83.8 Å². The first-order valence-electron chi connectivity index (χ1n) is 10.6. The molecule has 2 aliphatic rings. The van der Waals surface area contributed by atoms with Gasteiger partial charge < -0.3 is 14.8 Å². The van der Waals surface area contributed by atoms with Crippen molar-refractivity contribution in [1.82, 2.24) is 0 Å². The molecule has 0 amide bonds. The molecular weight excluding hydrogens is 387 g/mol.